The van der Waals surface area contributed by atoms with E-state index in [2.05, 4.69) is 65.1 Å². The van der Waals surface area contributed by atoms with Crippen LogP contribution in [0.3, 0.4) is 0 Å². The lowest BCUT2D eigenvalue weighted by Gasteiger charge is -2.38. The van der Waals surface area contributed by atoms with E-state index < -0.39 is 6.23 Å². The topological polar surface area (TPSA) is 86.8 Å². The maximum absolute atomic E-state index is 6.45. The number of aromatic nitrogens is 7. The number of nitrogens with zero attached hydrogens (tertiary/aromatic N) is 8. The van der Waals surface area contributed by atoms with Crippen LogP contribution in [0, 0.1) is 11.3 Å². The quantitative estimate of drug-likeness (QED) is 0.516. The van der Waals surface area contributed by atoms with E-state index in [1.807, 2.05) is 30.9 Å². The van der Waals surface area contributed by atoms with Crippen molar-refractivity contribution in [3.63, 3.8) is 0 Å². The molecular weight excluding hydrogens is 416 g/mol. The van der Waals surface area contributed by atoms with Gasteiger partial charge in [-0.1, -0.05) is 46.2 Å². The summed E-state index contributed by atoms with van der Waals surface area (Å²) in [6.45, 7) is 10.7. The average molecular weight is 447 g/mol. The van der Waals surface area contributed by atoms with Crippen molar-refractivity contribution < 1.29 is 4.74 Å². The summed E-state index contributed by atoms with van der Waals surface area (Å²) >= 11 is 6.06. The van der Waals surface area contributed by atoms with Gasteiger partial charge >= 0.3 is 0 Å². The van der Waals surface area contributed by atoms with Crippen molar-refractivity contribution in [3.05, 3.63) is 47.8 Å². The molecule has 0 radical (unpaired) electrons. The minimum atomic E-state index is -0.541. The third-order valence-corrected chi connectivity index (χ3v) is 5.41. The zero-order valence-electron chi connectivity index (χ0n) is 19.1. The highest BCUT2D eigenvalue weighted by Crippen LogP contribution is 2.41. The average Bonchev–Trinajstić information content (AvgIpc) is 3.34. The number of rotatable bonds is 8. The summed E-state index contributed by atoms with van der Waals surface area (Å²) in [7, 11) is 4.07. The molecule has 168 valence electrons. The molecule has 1 aromatic carbocycles. The number of hydrogen-bond acceptors (Lipinski definition) is 7. The first-order valence-electron chi connectivity index (χ1n) is 10.3. The van der Waals surface area contributed by atoms with E-state index in [4.69, 9.17) is 16.3 Å². The molecule has 2 heterocycles. The van der Waals surface area contributed by atoms with Crippen molar-refractivity contribution in [2.75, 3.05) is 14.1 Å². The maximum atomic E-state index is 6.45. The van der Waals surface area contributed by atoms with Crippen LogP contribution >= 0.6 is 11.6 Å². The minimum Gasteiger partial charge on any atom is -0.466 e. The van der Waals surface area contributed by atoms with E-state index in [0.29, 0.717) is 16.7 Å². The van der Waals surface area contributed by atoms with Crippen LogP contribution in [0.4, 0.5) is 0 Å². The van der Waals surface area contributed by atoms with Crippen LogP contribution in [0.5, 0.6) is 5.75 Å². The van der Waals surface area contributed by atoms with Crippen LogP contribution in [0.2, 0.25) is 5.02 Å². The zero-order valence-corrected chi connectivity index (χ0v) is 19.9. The molecule has 0 N–H and O–H groups in total. The van der Waals surface area contributed by atoms with Crippen molar-refractivity contribution in [1.29, 1.82) is 0 Å². The Morgan fingerprint density at radius 3 is 2.29 bits per heavy atom. The molecule has 0 aliphatic carbocycles. The number of hydrogen-bond donors (Lipinski definition) is 0. The third-order valence-electron chi connectivity index (χ3n) is 5.16. The Kier molecular flexibility index (Phi) is 6.96. The maximum Gasteiger partial charge on any atom is 0.215 e. The molecule has 0 fully saturated rings. The van der Waals surface area contributed by atoms with Gasteiger partial charge in [0, 0.05) is 5.02 Å². The van der Waals surface area contributed by atoms with Gasteiger partial charge in [0.2, 0.25) is 6.23 Å². The van der Waals surface area contributed by atoms with Crippen molar-refractivity contribution >= 4 is 11.6 Å². The van der Waals surface area contributed by atoms with Gasteiger partial charge in [-0.25, -0.2) is 14.3 Å². The monoisotopic (exact) mass is 446 g/mol. The van der Waals surface area contributed by atoms with Crippen molar-refractivity contribution in [2.45, 2.75) is 52.9 Å². The molecule has 0 amide bonds. The van der Waals surface area contributed by atoms with Crippen LogP contribution in [0.25, 0.3) is 0 Å². The fourth-order valence-electron chi connectivity index (χ4n) is 3.90. The Hall–Kier alpha value is -2.52. The molecule has 0 aliphatic rings. The first-order valence-corrected chi connectivity index (χ1v) is 10.7. The highest BCUT2D eigenvalue weighted by atomic mass is 35.5. The predicted octanol–water partition coefficient (Wildman–Crippen LogP) is 4.04. The molecule has 3 rings (SSSR count). The van der Waals surface area contributed by atoms with E-state index in [9.17, 15) is 0 Å². The molecule has 0 aliphatic heterocycles. The van der Waals surface area contributed by atoms with Gasteiger partial charge < -0.3 is 4.74 Å². The van der Waals surface area contributed by atoms with Gasteiger partial charge in [-0.3, -0.25) is 4.90 Å². The van der Waals surface area contributed by atoms with E-state index >= 15 is 0 Å². The highest BCUT2D eigenvalue weighted by Gasteiger charge is 2.41. The summed E-state index contributed by atoms with van der Waals surface area (Å²) in [6, 6.07) is 7.02. The molecule has 31 heavy (non-hydrogen) atoms. The van der Waals surface area contributed by atoms with Gasteiger partial charge in [-0.05, 0) is 60.1 Å². The largest absolute Gasteiger partial charge is 0.466 e. The molecule has 2 aromatic heterocycles. The summed E-state index contributed by atoms with van der Waals surface area (Å²) in [5.74, 6) is 1.76. The molecule has 10 heteroatoms. The number of tetrazole rings is 1. The van der Waals surface area contributed by atoms with Gasteiger partial charge in [0.25, 0.3) is 0 Å². The summed E-state index contributed by atoms with van der Waals surface area (Å²) < 4.78 is 10.0. The van der Waals surface area contributed by atoms with Crippen LogP contribution in [0.1, 0.15) is 58.8 Å². The van der Waals surface area contributed by atoms with E-state index in [1.54, 1.807) is 23.1 Å². The van der Waals surface area contributed by atoms with Crippen LogP contribution in [-0.2, 0) is 0 Å². The standard InChI is InChI=1S/C21H31ClN8O/c1-14(2)17(28(6)7)19-25-26-27-30(19)18(21(3,4)5)20(29-13-23-12-24-29)31-16-10-8-15(22)9-11-16/h8-14,17-18,20H,1-7H3. The second-order valence-corrected chi connectivity index (χ2v) is 9.72. The van der Waals surface area contributed by atoms with Gasteiger partial charge in [0.05, 0.1) is 6.04 Å². The van der Waals surface area contributed by atoms with Gasteiger partial charge in [-0.2, -0.15) is 5.10 Å². The molecule has 0 bridgehead atoms. The zero-order chi connectivity index (χ0) is 22.8. The summed E-state index contributed by atoms with van der Waals surface area (Å²) in [5, 5.41) is 17.9. The van der Waals surface area contributed by atoms with E-state index in [1.165, 1.54) is 6.33 Å². The number of ether oxygens (including phenoxy) is 1. The van der Waals surface area contributed by atoms with Crippen LogP contribution < -0.4 is 4.74 Å². The van der Waals surface area contributed by atoms with Gasteiger partial charge in [0.15, 0.2) is 5.82 Å². The smallest absolute Gasteiger partial charge is 0.215 e. The van der Waals surface area contributed by atoms with E-state index in [-0.39, 0.29) is 17.5 Å². The normalized spacial score (nSPS) is 15.3. The van der Waals surface area contributed by atoms with Crippen LogP contribution in [0.15, 0.2) is 36.9 Å². The fraction of sp³-hybridized carbons (Fsp3) is 0.571. The third kappa shape index (κ3) is 5.22. The lowest BCUT2D eigenvalue weighted by atomic mass is 9.85. The minimum absolute atomic E-state index is 0.0341. The van der Waals surface area contributed by atoms with Crippen molar-refractivity contribution in [3.8, 4) is 5.75 Å². The Morgan fingerprint density at radius 2 is 1.77 bits per heavy atom. The molecule has 0 spiro atoms. The summed E-state index contributed by atoms with van der Waals surface area (Å²) in [5.41, 5.74) is -0.277. The Labute approximate surface area is 188 Å². The lowest BCUT2D eigenvalue weighted by molar-refractivity contribution is -0.00288. The van der Waals surface area contributed by atoms with Gasteiger partial charge in [-0.15, -0.1) is 5.10 Å². The second kappa shape index (κ2) is 9.32. The van der Waals surface area contributed by atoms with E-state index in [0.717, 1.165) is 5.82 Å². The molecule has 3 aromatic rings. The Bertz CT molecular complexity index is 939. The molecule has 0 saturated carbocycles. The first-order chi connectivity index (χ1) is 14.6. The summed E-state index contributed by atoms with van der Waals surface area (Å²) in [6.07, 6.45) is 2.60. The highest BCUT2D eigenvalue weighted by molar-refractivity contribution is 6.30. The van der Waals surface area contributed by atoms with Crippen molar-refractivity contribution in [1.82, 2.24) is 39.9 Å². The molecule has 9 nitrogen and oxygen atoms in total. The molecule has 3 unspecified atom stereocenters. The lowest BCUT2D eigenvalue weighted by Crippen LogP contribution is -2.39. The Morgan fingerprint density at radius 1 is 1.10 bits per heavy atom. The van der Waals surface area contributed by atoms with Gasteiger partial charge in [0.1, 0.15) is 24.4 Å². The Balaban J connectivity index is 2.12. The number of halogens is 1. The first kappa shape index (κ1) is 23.1. The van der Waals surface area contributed by atoms with Crippen LogP contribution in [-0.4, -0.2) is 54.0 Å². The predicted molar refractivity (Wildman–Crippen MR) is 119 cm³/mol. The fourth-order valence-corrected chi connectivity index (χ4v) is 4.02. The number of benzene rings is 1. The molecule has 3 atom stereocenters. The second-order valence-electron chi connectivity index (χ2n) is 9.28. The summed E-state index contributed by atoms with van der Waals surface area (Å²) in [4.78, 5) is 6.28. The molecule has 0 saturated heterocycles. The molecular formula is C21H31ClN8O. The SMILES string of the molecule is CC(C)C(c1nnnn1C(C(Oc1ccc(Cl)cc1)n1cncn1)C(C)(C)C)N(C)C. The van der Waals surface area contributed by atoms with Crippen molar-refractivity contribution in [2.24, 2.45) is 11.3 Å².